The number of esters is 1. The fourth-order valence-electron chi connectivity index (χ4n) is 7.75. The van der Waals surface area contributed by atoms with Crippen molar-refractivity contribution in [2.75, 3.05) is 40.9 Å². The number of phosphoric ester groups is 1. The Hall–Kier alpha value is -1.77. The standard InChI is InChI=1S/C55H105N2O7P/c1-7-10-13-16-19-22-25-28-30-33-36-39-42-45-48-55(59)64-53(46-43-40-37-34-31-27-24-21-18-15-12-9-3)52(51-63-65(60,61)62-50-49-57(4,5)6)56-54(58)47-44-41-38-35-32-29-26-23-20-17-14-11-8-2/h29-30,32-33,43,46,52-53H,7-28,31,34-42,44-45,47-51H2,1-6H3,(H-,56,58,60,61)/p+1/b32-29-,33-30-,46-43+. The zero-order valence-corrected chi connectivity index (χ0v) is 44.4. The number of hydrogen-bond donors (Lipinski definition) is 2. The van der Waals surface area contributed by atoms with Crippen molar-refractivity contribution >= 4 is 19.7 Å². The fraction of sp³-hybridized carbons (Fsp3) is 0.855. The molecule has 65 heavy (non-hydrogen) atoms. The van der Waals surface area contributed by atoms with E-state index in [1.807, 2.05) is 33.3 Å². The van der Waals surface area contributed by atoms with E-state index in [4.69, 9.17) is 13.8 Å². The van der Waals surface area contributed by atoms with Gasteiger partial charge in [0.2, 0.25) is 5.91 Å². The Kier molecular flexibility index (Phi) is 44.7. The highest BCUT2D eigenvalue weighted by atomic mass is 31.2. The van der Waals surface area contributed by atoms with Gasteiger partial charge in [-0.15, -0.1) is 0 Å². The van der Waals surface area contributed by atoms with E-state index in [2.05, 4.69) is 50.4 Å². The average Bonchev–Trinajstić information content (AvgIpc) is 3.26. The first kappa shape index (κ1) is 63.2. The summed E-state index contributed by atoms with van der Waals surface area (Å²) in [6, 6.07) is -0.857. The quantitative estimate of drug-likeness (QED) is 0.0205. The Morgan fingerprint density at radius 1 is 0.523 bits per heavy atom. The molecule has 3 unspecified atom stereocenters. The number of allylic oxidation sites excluding steroid dienone is 5. The lowest BCUT2D eigenvalue weighted by Crippen LogP contribution is -2.47. The van der Waals surface area contributed by atoms with E-state index >= 15 is 0 Å². The summed E-state index contributed by atoms with van der Waals surface area (Å²) in [5.74, 6) is -0.539. The average molecular weight is 938 g/mol. The third-order valence-corrected chi connectivity index (χ3v) is 13.0. The van der Waals surface area contributed by atoms with Crippen LogP contribution in [0.1, 0.15) is 252 Å². The minimum Gasteiger partial charge on any atom is -0.456 e. The number of quaternary nitrogens is 1. The minimum atomic E-state index is -4.44. The topological polar surface area (TPSA) is 111 Å². The number of ether oxygens (including phenoxy) is 1. The lowest BCUT2D eigenvalue weighted by molar-refractivity contribution is -0.870. The molecule has 2 N–H and O–H groups in total. The highest BCUT2D eigenvalue weighted by Crippen LogP contribution is 2.43. The van der Waals surface area contributed by atoms with Gasteiger partial charge < -0.3 is 19.4 Å². The number of nitrogens with zero attached hydrogens (tertiary/aromatic N) is 1. The molecule has 0 aliphatic carbocycles. The van der Waals surface area contributed by atoms with Gasteiger partial charge in [-0.1, -0.05) is 192 Å². The van der Waals surface area contributed by atoms with Gasteiger partial charge in [-0.25, -0.2) is 4.57 Å². The summed E-state index contributed by atoms with van der Waals surface area (Å²) in [6.45, 7) is 6.97. The second-order valence-corrected chi connectivity index (χ2v) is 21.2. The molecule has 0 fully saturated rings. The van der Waals surface area contributed by atoms with Crippen LogP contribution < -0.4 is 5.32 Å². The summed E-state index contributed by atoms with van der Waals surface area (Å²) < 4.78 is 30.5. The van der Waals surface area contributed by atoms with E-state index in [0.717, 1.165) is 77.0 Å². The fourth-order valence-corrected chi connectivity index (χ4v) is 8.49. The Bertz CT molecular complexity index is 1220. The van der Waals surface area contributed by atoms with Crippen LogP contribution in [0.15, 0.2) is 36.5 Å². The first-order valence-corrected chi connectivity index (χ1v) is 28.8. The van der Waals surface area contributed by atoms with Crippen molar-refractivity contribution < 1.29 is 37.3 Å². The van der Waals surface area contributed by atoms with Crippen LogP contribution in [0.2, 0.25) is 0 Å². The lowest BCUT2D eigenvalue weighted by atomic mass is 10.1. The third-order valence-electron chi connectivity index (χ3n) is 12.1. The number of nitrogens with one attached hydrogen (secondary N) is 1. The molecule has 0 aromatic carbocycles. The van der Waals surface area contributed by atoms with E-state index in [0.29, 0.717) is 23.9 Å². The smallest absolute Gasteiger partial charge is 0.456 e. The van der Waals surface area contributed by atoms with Crippen LogP contribution >= 0.6 is 7.82 Å². The zero-order valence-electron chi connectivity index (χ0n) is 43.5. The lowest BCUT2D eigenvalue weighted by Gasteiger charge is -2.27. The number of hydrogen-bond acceptors (Lipinski definition) is 6. The summed E-state index contributed by atoms with van der Waals surface area (Å²) >= 11 is 0. The zero-order chi connectivity index (χ0) is 48.0. The number of phosphoric acid groups is 1. The highest BCUT2D eigenvalue weighted by molar-refractivity contribution is 7.47. The van der Waals surface area contributed by atoms with Crippen molar-refractivity contribution in [1.82, 2.24) is 5.32 Å². The summed E-state index contributed by atoms with van der Waals surface area (Å²) in [4.78, 5) is 37.4. The van der Waals surface area contributed by atoms with Gasteiger partial charge in [0.25, 0.3) is 0 Å². The van der Waals surface area contributed by atoms with E-state index in [1.54, 1.807) is 0 Å². The molecule has 0 saturated heterocycles. The second kappa shape index (κ2) is 46.0. The number of carbonyl (C=O) groups excluding carboxylic acids is 2. The first-order valence-electron chi connectivity index (χ1n) is 27.3. The molecule has 1 amide bonds. The summed E-state index contributed by atoms with van der Waals surface area (Å²) in [6.07, 6.45) is 52.8. The van der Waals surface area contributed by atoms with Gasteiger partial charge in [-0.05, 0) is 83.1 Å². The number of likely N-dealkylation sites (N-methyl/N-ethyl adjacent to an activating group) is 1. The molecule has 0 saturated carbocycles. The molecule has 382 valence electrons. The summed E-state index contributed by atoms with van der Waals surface area (Å²) in [5, 5.41) is 3.03. The van der Waals surface area contributed by atoms with Crippen LogP contribution in [0.25, 0.3) is 0 Å². The maximum atomic E-state index is 13.4. The van der Waals surface area contributed by atoms with Gasteiger partial charge in [-0.2, -0.15) is 0 Å². The second-order valence-electron chi connectivity index (χ2n) is 19.7. The Balaban J connectivity index is 5.45. The molecular formula is C55H106N2O7P+. The monoisotopic (exact) mass is 938 g/mol. The maximum Gasteiger partial charge on any atom is 0.472 e. The number of amides is 1. The largest absolute Gasteiger partial charge is 0.472 e. The summed E-state index contributed by atoms with van der Waals surface area (Å²) in [7, 11) is 1.48. The van der Waals surface area contributed by atoms with E-state index in [9.17, 15) is 19.0 Å². The molecule has 0 radical (unpaired) electrons. The molecule has 0 aromatic rings. The predicted octanol–water partition coefficient (Wildman–Crippen LogP) is 16.0. The van der Waals surface area contributed by atoms with Gasteiger partial charge >= 0.3 is 13.8 Å². The van der Waals surface area contributed by atoms with Crippen molar-refractivity contribution in [3.05, 3.63) is 36.5 Å². The number of carbonyl (C=O) groups is 2. The van der Waals surface area contributed by atoms with Crippen LogP contribution in [0, 0.1) is 0 Å². The highest BCUT2D eigenvalue weighted by Gasteiger charge is 2.30. The normalized spacial score (nSPS) is 14.1. The van der Waals surface area contributed by atoms with Gasteiger partial charge in [0.1, 0.15) is 19.3 Å². The molecule has 9 nitrogen and oxygen atoms in total. The van der Waals surface area contributed by atoms with Crippen molar-refractivity contribution in [1.29, 1.82) is 0 Å². The SMILES string of the molecule is CCCCCCCC/C=C\CCCCCC(=O)NC(COP(=O)(O)OCC[N+](C)(C)C)C(/C=C/CCCCCCCCCCCC)OC(=O)CCCCC/C=C\CCCCCCCCC. The Labute approximate surface area is 402 Å². The third kappa shape index (κ3) is 47.1. The molecule has 0 rings (SSSR count). The van der Waals surface area contributed by atoms with Crippen LogP contribution in [0.5, 0.6) is 0 Å². The number of unbranched alkanes of at least 4 members (excludes halogenated alkanes) is 29. The molecular weight excluding hydrogens is 832 g/mol. The molecule has 0 aliphatic heterocycles. The molecule has 0 bridgehead atoms. The summed E-state index contributed by atoms with van der Waals surface area (Å²) in [5.41, 5.74) is 0. The Morgan fingerprint density at radius 3 is 1.31 bits per heavy atom. The van der Waals surface area contributed by atoms with E-state index in [-0.39, 0.29) is 31.5 Å². The van der Waals surface area contributed by atoms with Crippen molar-refractivity contribution in [3.63, 3.8) is 0 Å². The molecule has 3 atom stereocenters. The van der Waals surface area contributed by atoms with Gasteiger partial charge in [0.15, 0.2) is 0 Å². The molecule has 0 aliphatic rings. The molecule has 10 heteroatoms. The van der Waals surface area contributed by atoms with E-state index in [1.165, 1.54) is 135 Å². The van der Waals surface area contributed by atoms with E-state index < -0.39 is 20.0 Å². The van der Waals surface area contributed by atoms with Crippen molar-refractivity contribution in [3.8, 4) is 0 Å². The molecule has 0 aromatic heterocycles. The predicted molar refractivity (Wildman–Crippen MR) is 277 cm³/mol. The maximum absolute atomic E-state index is 13.4. The van der Waals surface area contributed by atoms with Crippen LogP contribution in [-0.4, -0.2) is 74.3 Å². The van der Waals surface area contributed by atoms with Gasteiger partial charge in [-0.3, -0.25) is 18.6 Å². The van der Waals surface area contributed by atoms with Crippen LogP contribution in [0.4, 0.5) is 0 Å². The number of rotatable bonds is 49. The molecule has 0 spiro atoms. The van der Waals surface area contributed by atoms with Gasteiger partial charge in [0.05, 0.1) is 33.8 Å². The molecule has 0 heterocycles. The van der Waals surface area contributed by atoms with Crippen molar-refractivity contribution in [2.45, 2.75) is 264 Å². The van der Waals surface area contributed by atoms with Crippen LogP contribution in [0.3, 0.4) is 0 Å². The Morgan fingerprint density at radius 2 is 0.892 bits per heavy atom. The first-order chi connectivity index (χ1) is 31.4. The minimum absolute atomic E-state index is 0.0364. The van der Waals surface area contributed by atoms with Gasteiger partial charge in [0, 0.05) is 12.8 Å². The van der Waals surface area contributed by atoms with Crippen LogP contribution in [-0.2, 0) is 27.9 Å². The van der Waals surface area contributed by atoms with Crippen molar-refractivity contribution in [2.24, 2.45) is 0 Å².